The van der Waals surface area contributed by atoms with Crippen molar-refractivity contribution in [1.82, 2.24) is 15.5 Å². The van der Waals surface area contributed by atoms with E-state index in [1.54, 1.807) is 0 Å². The fraction of sp³-hybridized carbons (Fsp3) is 0.690. The van der Waals surface area contributed by atoms with Gasteiger partial charge in [-0.15, -0.1) is 0 Å². The molecular formula is C29H47N3O2. The highest BCUT2D eigenvalue weighted by Gasteiger charge is 2.28. The molecule has 1 saturated heterocycles. The number of nitrogens with zero attached hydrogens (tertiary/aromatic N) is 1. The molecule has 3 rings (SSSR count). The number of amides is 2. The van der Waals surface area contributed by atoms with Gasteiger partial charge in [0.05, 0.1) is 0 Å². The van der Waals surface area contributed by atoms with E-state index in [4.69, 9.17) is 4.74 Å². The second-order valence-corrected chi connectivity index (χ2v) is 10.1. The summed E-state index contributed by atoms with van der Waals surface area (Å²) in [5.74, 6) is 1.14. The highest BCUT2D eigenvalue weighted by atomic mass is 16.5. The lowest BCUT2D eigenvalue weighted by molar-refractivity contribution is 0.145. The van der Waals surface area contributed by atoms with E-state index in [1.807, 2.05) is 14.0 Å². The number of allylic oxidation sites excluding steroid dienone is 1. The molecule has 5 heteroatoms. The topological polar surface area (TPSA) is 53.6 Å². The molecular weight excluding hydrogens is 422 g/mol. The van der Waals surface area contributed by atoms with Gasteiger partial charge in [0.2, 0.25) is 0 Å². The normalized spacial score (nSPS) is 20.8. The van der Waals surface area contributed by atoms with Crippen LogP contribution in [0.3, 0.4) is 0 Å². The fourth-order valence-electron chi connectivity index (χ4n) is 5.68. The Balaban J connectivity index is 1.62. The molecule has 0 bridgehead atoms. The summed E-state index contributed by atoms with van der Waals surface area (Å²) in [6.07, 6.45) is 14.4. The van der Waals surface area contributed by atoms with E-state index < -0.39 is 0 Å². The number of ether oxygens (including phenoxy) is 1. The zero-order chi connectivity index (χ0) is 24.0. The van der Waals surface area contributed by atoms with Crippen molar-refractivity contribution in [3.8, 4) is 0 Å². The van der Waals surface area contributed by atoms with Gasteiger partial charge in [-0.05, 0) is 63.1 Å². The van der Waals surface area contributed by atoms with Crippen molar-refractivity contribution in [3.05, 3.63) is 42.0 Å². The van der Waals surface area contributed by atoms with Crippen molar-refractivity contribution in [2.75, 3.05) is 39.9 Å². The lowest BCUT2D eigenvalue weighted by atomic mass is 9.84. The molecule has 2 N–H and O–H groups in total. The Labute approximate surface area is 207 Å². The minimum absolute atomic E-state index is 0.115. The Hall–Kier alpha value is -1.85. The van der Waals surface area contributed by atoms with Gasteiger partial charge in [0.1, 0.15) is 0 Å². The molecule has 190 valence electrons. The first kappa shape index (κ1) is 26.7. The monoisotopic (exact) mass is 469 g/mol. The van der Waals surface area contributed by atoms with E-state index >= 15 is 0 Å². The molecule has 1 aromatic rings. The number of hydrogen-bond acceptors (Lipinski definition) is 3. The maximum atomic E-state index is 13.3. The molecule has 1 unspecified atom stereocenters. The van der Waals surface area contributed by atoms with E-state index in [0.29, 0.717) is 5.92 Å². The van der Waals surface area contributed by atoms with Gasteiger partial charge in [0.25, 0.3) is 0 Å². The van der Waals surface area contributed by atoms with Gasteiger partial charge in [-0.3, -0.25) is 0 Å². The second-order valence-electron chi connectivity index (χ2n) is 10.1. The third-order valence-corrected chi connectivity index (χ3v) is 7.44. The smallest absolute Gasteiger partial charge is 0.317 e. The van der Waals surface area contributed by atoms with Crippen LogP contribution in [0.4, 0.5) is 4.79 Å². The first-order valence-corrected chi connectivity index (χ1v) is 13.7. The Kier molecular flexibility index (Phi) is 12.0. The minimum atomic E-state index is 0.115. The number of urea groups is 1. The van der Waals surface area contributed by atoms with Crippen molar-refractivity contribution in [1.29, 1.82) is 0 Å². The molecule has 0 spiro atoms. The van der Waals surface area contributed by atoms with Crippen LogP contribution >= 0.6 is 0 Å². The molecule has 1 aromatic carbocycles. The van der Waals surface area contributed by atoms with Gasteiger partial charge in [-0.25, -0.2) is 4.79 Å². The predicted octanol–water partition coefficient (Wildman–Crippen LogP) is 5.87. The number of piperidine rings is 1. The van der Waals surface area contributed by atoms with Crippen molar-refractivity contribution in [3.63, 3.8) is 0 Å². The standard InChI is InChI=1S/C29H47N3O2/c1-3-34-20-11-10-18-28(25-15-8-5-9-16-25)26-17-12-19-32(23-26)29(33)31-27(22-30-2)21-24-13-6-4-7-14-24/h5,8-9,15-16,18,24,26-27,30H,3-4,6-7,10-14,17,19-23H2,1-2H3,(H,31,33)/b28-18-/t26?,27-/m0/s1. The van der Waals surface area contributed by atoms with Gasteiger partial charge >= 0.3 is 6.03 Å². The van der Waals surface area contributed by atoms with Gasteiger partial charge < -0.3 is 20.3 Å². The van der Waals surface area contributed by atoms with Gasteiger partial charge in [0.15, 0.2) is 0 Å². The predicted molar refractivity (Wildman–Crippen MR) is 142 cm³/mol. The average Bonchev–Trinajstić information content (AvgIpc) is 2.87. The van der Waals surface area contributed by atoms with Crippen LogP contribution in [0.2, 0.25) is 0 Å². The number of rotatable bonds is 12. The van der Waals surface area contributed by atoms with Crippen molar-refractivity contribution in [2.45, 2.75) is 77.2 Å². The summed E-state index contributed by atoms with van der Waals surface area (Å²) in [7, 11) is 1.99. The zero-order valence-corrected chi connectivity index (χ0v) is 21.6. The minimum Gasteiger partial charge on any atom is -0.382 e. The summed E-state index contributed by atoms with van der Waals surface area (Å²) in [5, 5.41) is 6.69. The molecule has 1 saturated carbocycles. The SMILES string of the molecule is CCOCCC/C=C(/c1ccccc1)C1CCCN(C(=O)N[C@H](CNC)CC2CCCCC2)C1. The van der Waals surface area contributed by atoms with Crippen molar-refractivity contribution < 1.29 is 9.53 Å². The summed E-state index contributed by atoms with van der Waals surface area (Å²) in [6.45, 7) is 6.12. The Morgan fingerprint density at radius 2 is 1.94 bits per heavy atom. The number of hydrogen-bond donors (Lipinski definition) is 2. The lowest BCUT2D eigenvalue weighted by Gasteiger charge is -2.36. The summed E-state index contributed by atoms with van der Waals surface area (Å²) in [6, 6.07) is 11.0. The summed E-state index contributed by atoms with van der Waals surface area (Å²) >= 11 is 0. The van der Waals surface area contributed by atoms with Crippen molar-refractivity contribution in [2.24, 2.45) is 11.8 Å². The summed E-state index contributed by atoms with van der Waals surface area (Å²) < 4.78 is 5.53. The van der Waals surface area contributed by atoms with Crippen LogP contribution in [0.5, 0.6) is 0 Å². The third-order valence-electron chi connectivity index (χ3n) is 7.44. The number of carbonyl (C=O) groups is 1. The summed E-state index contributed by atoms with van der Waals surface area (Å²) in [4.78, 5) is 15.4. The fourth-order valence-corrected chi connectivity index (χ4v) is 5.68. The largest absolute Gasteiger partial charge is 0.382 e. The van der Waals surface area contributed by atoms with Gasteiger partial charge in [-0.1, -0.05) is 68.5 Å². The van der Waals surface area contributed by atoms with E-state index in [9.17, 15) is 4.79 Å². The van der Waals surface area contributed by atoms with Gasteiger partial charge in [0, 0.05) is 44.8 Å². The number of likely N-dealkylation sites (N-methyl/N-ethyl adjacent to an activating group) is 1. The van der Waals surface area contributed by atoms with Crippen LogP contribution in [0.15, 0.2) is 36.4 Å². The molecule has 1 heterocycles. The summed E-state index contributed by atoms with van der Waals surface area (Å²) in [5.41, 5.74) is 2.68. The van der Waals surface area contributed by atoms with Crippen LogP contribution < -0.4 is 10.6 Å². The Morgan fingerprint density at radius 1 is 1.15 bits per heavy atom. The number of benzene rings is 1. The molecule has 1 aliphatic heterocycles. The van der Waals surface area contributed by atoms with Crippen LogP contribution in [0, 0.1) is 11.8 Å². The molecule has 1 aliphatic carbocycles. The molecule has 0 aromatic heterocycles. The van der Waals surface area contributed by atoms with Crippen molar-refractivity contribution >= 4 is 11.6 Å². The molecule has 34 heavy (non-hydrogen) atoms. The van der Waals surface area contributed by atoms with E-state index in [2.05, 4.69) is 51.9 Å². The second kappa shape index (κ2) is 15.2. The number of carbonyl (C=O) groups excluding carboxylic acids is 1. The first-order valence-electron chi connectivity index (χ1n) is 13.7. The maximum absolute atomic E-state index is 13.3. The molecule has 2 amide bonds. The van der Waals surface area contributed by atoms with Crippen LogP contribution in [0.1, 0.15) is 76.7 Å². The van der Waals surface area contributed by atoms with Crippen LogP contribution in [-0.2, 0) is 4.74 Å². The number of nitrogens with one attached hydrogen (secondary N) is 2. The number of unbranched alkanes of at least 4 members (excludes halogenated alkanes) is 1. The number of likely N-dealkylation sites (tertiary alicyclic amines) is 1. The maximum Gasteiger partial charge on any atom is 0.317 e. The highest BCUT2D eigenvalue weighted by molar-refractivity contribution is 5.76. The molecule has 2 aliphatic rings. The quantitative estimate of drug-likeness (QED) is 0.377. The van der Waals surface area contributed by atoms with E-state index in [-0.39, 0.29) is 12.1 Å². The Bertz CT molecular complexity index is 730. The van der Waals surface area contributed by atoms with E-state index in [1.165, 1.54) is 43.2 Å². The average molecular weight is 470 g/mol. The van der Waals surface area contributed by atoms with E-state index in [0.717, 1.165) is 70.9 Å². The lowest BCUT2D eigenvalue weighted by Crippen LogP contribution is -2.51. The zero-order valence-electron chi connectivity index (χ0n) is 21.6. The first-order chi connectivity index (χ1) is 16.7. The van der Waals surface area contributed by atoms with Crippen LogP contribution in [0.25, 0.3) is 5.57 Å². The molecule has 5 nitrogen and oxygen atoms in total. The highest BCUT2D eigenvalue weighted by Crippen LogP contribution is 2.32. The third kappa shape index (κ3) is 8.74. The Morgan fingerprint density at radius 3 is 2.68 bits per heavy atom. The molecule has 2 atom stereocenters. The van der Waals surface area contributed by atoms with Crippen LogP contribution in [-0.4, -0.2) is 56.9 Å². The molecule has 2 fully saturated rings. The molecule has 0 radical (unpaired) electrons. The van der Waals surface area contributed by atoms with Gasteiger partial charge in [-0.2, -0.15) is 0 Å².